The maximum absolute atomic E-state index is 12.8. The predicted molar refractivity (Wildman–Crippen MR) is 123 cm³/mol. The van der Waals surface area contributed by atoms with Crippen LogP contribution >= 0.6 is 0 Å². The van der Waals surface area contributed by atoms with Gasteiger partial charge in [-0.25, -0.2) is 0 Å². The molecule has 1 aliphatic carbocycles. The van der Waals surface area contributed by atoms with E-state index in [4.69, 9.17) is 0 Å². The molecule has 1 saturated heterocycles. The van der Waals surface area contributed by atoms with Gasteiger partial charge in [-0.2, -0.15) is 0 Å². The third-order valence-corrected chi connectivity index (χ3v) is 6.82. The number of nitrogens with one attached hydrogen (secondary N) is 2. The predicted octanol–water partition coefficient (Wildman–Crippen LogP) is 2.85. The van der Waals surface area contributed by atoms with Gasteiger partial charge in [0.1, 0.15) is 0 Å². The number of carbonyl (C=O) groups excluding carboxylic acids is 1. The Morgan fingerprint density at radius 3 is 2.53 bits per heavy atom. The van der Waals surface area contributed by atoms with E-state index in [1.807, 2.05) is 21.1 Å². The standard InChI is InChI=1S/C24H39N5O/c1-19-16-21(12-15-29(19)17-20-10-6-5-7-11-20)27-23(25-2)26-18-24(13-8-9-14-24)22(30)28(3)4/h5-7,10-11,19,21H,8-9,12-18H2,1-4H3,(H2,25,26,27). The molecule has 1 aromatic rings. The average Bonchev–Trinajstić information content (AvgIpc) is 3.23. The summed E-state index contributed by atoms with van der Waals surface area (Å²) in [6.07, 6.45) is 6.37. The number of aliphatic imine (C=N–C) groups is 1. The Morgan fingerprint density at radius 1 is 1.23 bits per heavy atom. The lowest BCUT2D eigenvalue weighted by Crippen LogP contribution is -2.53. The summed E-state index contributed by atoms with van der Waals surface area (Å²) in [4.78, 5) is 21.6. The molecule has 1 saturated carbocycles. The van der Waals surface area contributed by atoms with Crippen molar-refractivity contribution in [1.82, 2.24) is 20.4 Å². The molecule has 2 aliphatic rings. The minimum absolute atomic E-state index is 0.241. The molecule has 2 atom stereocenters. The van der Waals surface area contributed by atoms with Crippen molar-refractivity contribution in [3.8, 4) is 0 Å². The first kappa shape index (κ1) is 22.6. The molecule has 1 aliphatic heterocycles. The second kappa shape index (κ2) is 10.3. The Hall–Kier alpha value is -2.08. The lowest BCUT2D eigenvalue weighted by atomic mass is 9.84. The zero-order valence-corrected chi connectivity index (χ0v) is 19.2. The first-order valence-electron chi connectivity index (χ1n) is 11.4. The van der Waals surface area contributed by atoms with E-state index in [-0.39, 0.29) is 11.3 Å². The minimum Gasteiger partial charge on any atom is -0.355 e. The minimum atomic E-state index is -0.284. The van der Waals surface area contributed by atoms with Crippen LogP contribution < -0.4 is 10.6 Å². The molecule has 2 unspecified atom stereocenters. The van der Waals surface area contributed by atoms with Crippen LogP contribution in [0.3, 0.4) is 0 Å². The third kappa shape index (κ3) is 5.54. The number of nitrogens with zero attached hydrogens (tertiary/aromatic N) is 3. The van der Waals surface area contributed by atoms with Gasteiger partial charge in [-0.15, -0.1) is 0 Å². The summed E-state index contributed by atoms with van der Waals surface area (Å²) in [5.41, 5.74) is 1.09. The topological polar surface area (TPSA) is 60.0 Å². The molecule has 3 rings (SSSR count). The Kier molecular flexibility index (Phi) is 7.75. The van der Waals surface area contributed by atoms with Gasteiger partial charge in [0.05, 0.1) is 5.41 Å². The number of rotatable bonds is 6. The van der Waals surface area contributed by atoms with E-state index in [1.54, 1.807) is 4.90 Å². The Bertz CT molecular complexity index is 712. The average molecular weight is 414 g/mol. The van der Waals surface area contributed by atoms with E-state index in [9.17, 15) is 4.79 Å². The van der Waals surface area contributed by atoms with E-state index in [0.29, 0.717) is 18.6 Å². The van der Waals surface area contributed by atoms with Crippen LogP contribution in [0.4, 0.5) is 0 Å². The van der Waals surface area contributed by atoms with Gasteiger partial charge in [0, 0.05) is 52.9 Å². The van der Waals surface area contributed by atoms with Crippen molar-refractivity contribution < 1.29 is 4.79 Å². The molecule has 1 aromatic carbocycles. The molecule has 6 heteroatoms. The third-order valence-electron chi connectivity index (χ3n) is 6.82. The second-order valence-electron chi connectivity index (χ2n) is 9.28. The van der Waals surface area contributed by atoms with Gasteiger partial charge in [-0.1, -0.05) is 43.2 Å². The fourth-order valence-corrected chi connectivity index (χ4v) is 5.04. The second-order valence-corrected chi connectivity index (χ2v) is 9.28. The summed E-state index contributed by atoms with van der Waals surface area (Å²) in [7, 11) is 5.54. The van der Waals surface area contributed by atoms with Crippen LogP contribution in [0.15, 0.2) is 35.3 Å². The van der Waals surface area contributed by atoms with Gasteiger partial charge in [-0.05, 0) is 38.2 Å². The van der Waals surface area contributed by atoms with Gasteiger partial charge >= 0.3 is 0 Å². The van der Waals surface area contributed by atoms with Crippen molar-refractivity contribution in [1.29, 1.82) is 0 Å². The molecule has 1 heterocycles. The highest BCUT2D eigenvalue weighted by atomic mass is 16.2. The first-order chi connectivity index (χ1) is 14.4. The maximum Gasteiger partial charge on any atom is 0.230 e. The van der Waals surface area contributed by atoms with E-state index in [1.165, 1.54) is 5.56 Å². The van der Waals surface area contributed by atoms with Crippen LogP contribution in [0.1, 0.15) is 51.0 Å². The summed E-state index contributed by atoms with van der Waals surface area (Å²) < 4.78 is 0. The highest BCUT2D eigenvalue weighted by Crippen LogP contribution is 2.38. The van der Waals surface area contributed by atoms with E-state index in [0.717, 1.165) is 57.6 Å². The van der Waals surface area contributed by atoms with Crippen LogP contribution in [-0.4, -0.2) is 68.0 Å². The molecule has 0 bridgehead atoms. The normalized spacial score (nSPS) is 24.5. The van der Waals surface area contributed by atoms with Crippen LogP contribution in [-0.2, 0) is 11.3 Å². The zero-order chi connectivity index (χ0) is 21.6. The molecule has 30 heavy (non-hydrogen) atoms. The van der Waals surface area contributed by atoms with Gasteiger partial charge in [0.2, 0.25) is 5.91 Å². The van der Waals surface area contributed by atoms with Gasteiger partial charge in [-0.3, -0.25) is 14.7 Å². The molecule has 2 N–H and O–H groups in total. The molecular formula is C24H39N5O. The molecule has 166 valence electrons. The number of hydrogen-bond acceptors (Lipinski definition) is 3. The Balaban J connectivity index is 1.51. The lowest BCUT2D eigenvalue weighted by Gasteiger charge is -2.39. The van der Waals surface area contributed by atoms with Gasteiger partial charge < -0.3 is 15.5 Å². The number of benzene rings is 1. The molecular weight excluding hydrogens is 374 g/mol. The smallest absolute Gasteiger partial charge is 0.230 e. The molecule has 0 radical (unpaired) electrons. The lowest BCUT2D eigenvalue weighted by molar-refractivity contribution is -0.138. The number of hydrogen-bond donors (Lipinski definition) is 2. The number of amides is 1. The molecule has 2 fully saturated rings. The van der Waals surface area contributed by atoms with E-state index >= 15 is 0 Å². The highest BCUT2D eigenvalue weighted by molar-refractivity contribution is 5.85. The van der Waals surface area contributed by atoms with Gasteiger partial charge in [0.25, 0.3) is 0 Å². The van der Waals surface area contributed by atoms with E-state index in [2.05, 4.69) is 57.8 Å². The zero-order valence-electron chi connectivity index (χ0n) is 19.2. The van der Waals surface area contributed by atoms with E-state index < -0.39 is 0 Å². The van der Waals surface area contributed by atoms with Gasteiger partial charge in [0.15, 0.2) is 5.96 Å². The quantitative estimate of drug-likeness (QED) is 0.556. The van der Waals surface area contributed by atoms with Crippen LogP contribution in [0, 0.1) is 5.41 Å². The number of carbonyl (C=O) groups is 1. The van der Waals surface area contributed by atoms with Crippen LogP contribution in [0.2, 0.25) is 0 Å². The number of piperidine rings is 1. The van der Waals surface area contributed by atoms with Crippen LogP contribution in [0.25, 0.3) is 0 Å². The maximum atomic E-state index is 12.8. The van der Waals surface area contributed by atoms with Crippen molar-refractivity contribution in [3.05, 3.63) is 35.9 Å². The largest absolute Gasteiger partial charge is 0.355 e. The monoisotopic (exact) mass is 413 g/mol. The van der Waals surface area contributed by atoms with Crippen molar-refractivity contribution in [2.45, 2.75) is 64.1 Å². The number of guanidine groups is 1. The Morgan fingerprint density at radius 2 is 1.93 bits per heavy atom. The molecule has 1 amide bonds. The van der Waals surface area contributed by atoms with Crippen LogP contribution in [0.5, 0.6) is 0 Å². The summed E-state index contributed by atoms with van der Waals surface area (Å²) >= 11 is 0. The summed E-state index contributed by atoms with van der Waals surface area (Å²) in [5, 5.41) is 7.10. The first-order valence-corrected chi connectivity index (χ1v) is 11.4. The SMILES string of the molecule is CN=C(NCC1(C(=O)N(C)C)CCCC1)NC1CCN(Cc2ccccc2)C(C)C1. The highest BCUT2D eigenvalue weighted by Gasteiger charge is 2.42. The summed E-state index contributed by atoms with van der Waals surface area (Å²) in [5.74, 6) is 1.06. The summed E-state index contributed by atoms with van der Waals surface area (Å²) in [6, 6.07) is 11.6. The molecule has 6 nitrogen and oxygen atoms in total. The number of likely N-dealkylation sites (tertiary alicyclic amines) is 1. The van der Waals surface area contributed by atoms with Crippen molar-refractivity contribution in [3.63, 3.8) is 0 Å². The fraction of sp³-hybridized carbons (Fsp3) is 0.667. The summed E-state index contributed by atoms with van der Waals surface area (Å²) in [6.45, 7) is 5.06. The molecule has 0 aromatic heterocycles. The van der Waals surface area contributed by atoms with Crippen molar-refractivity contribution >= 4 is 11.9 Å². The van der Waals surface area contributed by atoms with Crippen molar-refractivity contribution in [2.24, 2.45) is 10.4 Å². The fourth-order valence-electron chi connectivity index (χ4n) is 5.04. The van der Waals surface area contributed by atoms with Crippen molar-refractivity contribution in [2.75, 3.05) is 34.2 Å². The Labute approximate surface area is 182 Å². The molecule has 0 spiro atoms.